The highest BCUT2D eigenvalue weighted by Gasteiger charge is 2.14. The molecule has 0 aliphatic rings. The Kier molecular flexibility index (Phi) is 11.2. The number of nitrogens with one attached hydrogen (secondary N) is 1. The smallest absolute Gasteiger partial charge is 0.0788 e. The van der Waals surface area contributed by atoms with E-state index in [2.05, 4.69) is 69.9 Å². The van der Waals surface area contributed by atoms with E-state index in [1.165, 1.54) is 5.56 Å². The van der Waals surface area contributed by atoms with Crippen molar-refractivity contribution in [1.82, 2.24) is 20.3 Å². The number of halogens is 3. The maximum absolute atomic E-state index is 5.80. The van der Waals surface area contributed by atoms with Gasteiger partial charge in [-0.1, -0.05) is 54.6 Å². The SMILES string of the molecule is Cl.Cl.Cl.NCc1ccc(-c2nc3ccnc(CNCc4ccncc4)c3cc2-c2ccccc2)cc1. The van der Waals surface area contributed by atoms with Crippen molar-refractivity contribution in [3.8, 4) is 22.4 Å². The molecule has 0 unspecified atom stereocenters. The lowest BCUT2D eigenvalue weighted by atomic mass is 9.96. The minimum absolute atomic E-state index is 0. The summed E-state index contributed by atoms with van der Waals surface area (Å²) in [5.41, 5.74) is 14.3. The van der Waals surface area contributed by atoms with Crippen LogP contribution in [-0.2, 0) is 19.6 Å². The first-order valence-electron chi connectivity index (χ1n) is 11.0. The summed E-state index contributed by atoms with van der Waals surface area (Å²) in [4.78, 5) is 13.8. The zero-order valence-electron chi connectivity index (χ0n) is 19.5. The Morgan fingerprint density at radius 2 is 1.42 bits per heavy atom. The van der Waals surface area contributed by atoms with Crippen molar-refractivity contribution < 1.29 is 0 Å². The van der Waals surface area contributed by atoms with Crippen molar-refractivity contribution in [3.05, 3.63) is 114 Å². The second-order valence-corrected chi connectivity index (χ2v) is 7.93. The first-order chi connectivity index (χ1) is 16.3. The summed E-state index contributed by atoms with van der Waals surface area (Å²) in [5.74, 6) is 0. The van der Waals surface area contributed by atoms with Crippen LogP contribution in [-0.4, -0.2) is 15.0 Å². The van der Waals surface area contributed by atoms with E-state index in [9.17, 15) is 0 Å². The summed E-state index contributed by atoms with van der Waals surface area (Å²) in [6.07, 6.45) is 5.46. The fourth-order valence-electron chi connectivity index (χ4n) is 3.98. The Balaban J connectivity index is 0.00000152. The molecule has 0 atom stereocenters. The number of fused-ring (bicyclic) bond motifs is 1. The van der Waals surface area contributed by atoms with Gasteiger partial charge in [0, 0.05) is 54.7 Å². The van der Waals surface area contributed by atoms with Gasteiger partial charge in [-0.25, -0.2) is 4.98 Å². The summed E-state index contributed by atoms with van der Waals surface area (Å²) in [7, 11) is 0. The van der Waals surface area contributed by atoms with Gasteiger partial charge in [0.05, 0.1) is 16.9 Å². The standard InChI is InChI=1S/C28H25N5.3ClH/c29-17-20-6-8-23(9-7-20)28-24(22-4-2-1-3-5-22)16-25-26(33-28)12-15-32-27(25)19-31-18-21-10-13-30-14-11-21;;;/h1-16,31H,17-19,29H2;3*1H. The molecule has 0 spiro atoms. The highest BCUT2D eigenvalue weighted by Crippen LogP contribution is 2.34. The lowest BCUT2D eigenvalue weighted by Crippen LogP contribution is -2.14. The minimum Gasteiger partial charge on any atom is -0.326 e. The molecule has 0 amide bonds. The van der Waals surface area contributed by atoms with E-state index < -0.39 is 0 Å². The van der Waals surface area contributed by atoms with Gasteiger partial charge in [-0.3, -0.25) is 9.97 Å². The van der Waals surface area contributed by atoms with Crippen LogP contribution in [0.25, 0.3) is 33.3 Å². The van der Waals surface area contributed by atoms with Gasteiger partial charge in [0.2, 0.25) is 0 Å². The second-order valence-electron chi connectivity index (χ2n) is 7.93. The van der Waals surface area contributed by atoms with E-state index in [0.29, 0.717) is 13.1 Å². The van der Waals surface area contributed by atoms with Gasteiger partial charge in [-0.2, -0.15) is 0 Å². The predicted molar refractivity (Wildman–Crippen MR) is 155 cm³/mol. The Labute approximate surface area is 229 Å². The van der Waals surface area contributed by atoms with Crippen LogP contribution in [0.5, 0.6) is 0 Å². The topological polar surface area (TPSA) is 76.7 Å². The van der Waals surface area contributed by atoms with Gasteiger partial charge in [-0.15, -0.1) is 37.2 Å². The number of pyridine rings is 3. The molecular weight excluding hydrogens is 513 g/mol. The number of benzene rings is 2. The number of nitrogens with two attached hydrogens (primary N) is 1. The average Bonchev–Trinajstić information content (AvgIpc) is 2.89. The third-order valence-corrected chi connectivity index (χ3v) is 5.74. The third kappa shape index (κ3) is 6.58. The zero-order chi connectivity index (χ0) is 22.5. The van der Waals surface area contributed by atoms with Crippen LogP contribution in [0.2, 0.25) is 0 Å². The molecule has 0 radical (unpaired) electrons. The number of hydrogen-bond donors (Lipinski definition) is 2. The number of nitrogens with zero attached hydrogens (tertiary/aromatic N) is 3. The molecule has 0 bridgehead atoms. The van der Waals surface area contributed by atoms with Crippen LogP contribution in [0.15, 0.2) is 97.5 Å². The summed E-state index contributed by atoms with van der Waals surface area (Å²) >= 11 is 0. The molecule has 5 nitrogen and oxygen atoms in total. The molecule has 2 aromatic carbocycles. The van der Waals surface area contributed by atoms with Crippen LogP contribution in [0.1, 0.15) is 16.8 Å². The molecule has 5 aromatic rings. The summed E-state index contributed by atoms with van der Waals surface area (Å²) in [6, 6.07) is 27.0. The predicted octanol–water partition coefficient (Wildman–Crippen LogP) is 6.37. The number of aromatic nitrogens is 3. The molecule has 186 valence electrons. The van der Waals surface area contributed by atoms with E-state index in [-0.39, 0.29) is 37.2 Å². The van der Waals surface area contributed by atoms with Crippen molar-refractivity contribution in [3.63, 3.8) is 0 Å². The van der Waals surface area contributed by atoms with E-state index in [4.69, 9.17) is 10.7 Å². The molecular formula is C28H28Cl3N5. The van der Waals surface area contributed by atoms with E-state index in [1.54, 1.807) is 0 Å². The zero-order valence-corrected chi connectivity index (χ0v) is 22.0. The first-order valence-corrected chi connectivity index (χ1v) is 11.0. The molecule has 3 heterocycles. The van der Waals surface area contributed by atoms with Crippen LogP contribution in [0, 0.1) is 0 Å². The van der Waals surface area contributed by atoms with Crippen LogP contribution < -0.4 is 11.1 Å². The molecule has 5 rings (SSSR count). The Morgan fingerprint density at radius 1 is 0.694 bits per heavy atom. The monoisotopic (exact) mass is 539 g/mol. The average molecular weight is 541 g/mol. The lowest BCUT2D eigenvalue weighted by molar-refractivity contribution is 0.683. The van der Waals surface area contributed by atoms with Gasteiger partial charge in [0.1, 0.15) is 0 Å². The molecule has 3 aromatic heterocycles. The van der Waals surface area contributed by atoms with Crippen molar-refractivity contribution in [1.29, 1.82) is 0 Å². The quantitative estimate of drug-likeness (QED) is 0.251. The van der Waals surface area contributed by atoms with E-state index in [0.717, 1.165) is 51.1 Å². The van der Waals surface area contributed by atoms with Crippen molar-refractivity contribution >= 4 is 48.1 Å². The third-order valence-electron chi connectivity index (χ3n) is 5.74. The Hall–Kier alpha value is -3.06. The van der Waals surface area contributed by atoms with Crippen molar-refractivity contribution in [2.24, 2.45) is 5.73 Å². The lowest BCUT2D eigenvalue weighted by Gasteiger charge is -2.14. The second kappa shape index (κ2) is 13.9. The molecule has 0 saturated heterocycles. The number of hydrogen-bond acceptors (Lipinski definition) is 5. The summed E-state index contributed by atoms with van der Waals surface area (Å²) < 4.78 is 0. The van der Waals surface area contributed by atoms with Crippen molar-refractivity contribution in [2.75, 3.05) is 0 Å². The maximum atomic E-state index is 5.80. The van der Waals surface area contributed by atoms with Crippen LogP contribution in [0.4, 0.5) is 0 Å². The van der Waals surface area contributed by atoms with Gasteiger partial charge in [-0.05, 0) is 41.0 Å². The molecule has 3 N–H and O–H groups in total. The molecule has 0 aliphatic heterocycles. The van der Waals surface area contributed by atoms with Gasteiger partial charge in [0.25, 0.3) is 0 Å². The first kappa shape index (κ1) is 29.2. The molecule has 8 heteroatoms. The van der Waals surface area contributed by atoms with Crippen LogP contribution in [0.3, 0.4) is 0 Å². The highest BCUT2D eigenvalue weighted by atomic mass is 35.5. The van der Waals surface area contributed by atoms with E-state index in [1.807, 2.05) is 42.9 Å². The fourth-order valence-corrected chi connectivity index (χ4v) is 3.98. The maximum Gasteiger partial charge on any atom is 0.0788 e. The fraction of sp³-hybridized carbons (Fsp3) is 0.107. The van der Waals surface area contributed by atoms with Crippen LogP contribution >= 0.6 is 37.2 Å². The highest BCUT2D eigenvalue weighted by molar-refractivity contribution is 5.92. The van der Waals surface area contributed by atoms with E-state index >= 15 is 0 Å². The normalized spacial score (nSPS) is 10.1. The van der Waals surface area contributed by atoms with Gasteiger partial charge in [0.15, 0.2) is 0 Å². The molecule has 0 aliphatic carbocycles. The Morgan fingerprint density at radius 3 is 2.11 bits per heavy atom. The van der Waals surface area contributed by atoms with Crippen molar-refractivity contribution in [2.45, 2.75) is 19.6 Å². The Bertz CT molecular complexity index is 1370. The van der Waals surface area contributed by atoms with Gasteiger partial charge < -0.3 is 11.1 Å². The van der Waals surface area contributed by atoms with Gasteiger partial charge >= 0.3 is 0 Å². The number of rotatable bonds is 7. The molecule has 0 fully saturated rings. The summed E-state index contributed by atoms with van der Waals surface area (Å²) in [5, 5.41) is 4.55. The summed E-state index contributed by atoms with van der Waals surface area (Å²) in [6.45, 7) is 1.93. The molecule has 36 heavy (non-hydrogen) atoms. The molecule has 0 saturated carbocycles. The minimum atomic E-state index is 0. The largest absolute Gasteiger partial charge is 0.326 e.